The van der Waals surface area contributed by atoms with Crippen LogP contribution in [0.4, 0.5) is 0 Å². The van der Waals surface area contributed by atoms with Crippen LogP contribution < -0.4 is 21.7 Å². The molecule has 36 heavy (non-hydrogen) atoms. The Hall–Kier alpha value is -3.51. The first-order valence-electron chi connectivity index (χ1n) is 11.7. The van der Waals surface area contributed by atoms with Crippen LogP contribution in [-0.2, 0) is 30.4 Å². The van der Waals surface area contributed by atoms with Crippen LogP contribution in [0.25, 0.3) is 0 Å². The molecule has 0 aliphatic carbocycles. The summed E-state index contributed by atoms with van der Waals surface area (Å²) in [6.07, 6.45) is -1.44. The summed E-state index contributed by atoms with van der Waals surface area (Å²) >= 11 is 0. The summed E-state index contributed by atoms with van der Waals surface area (Å²) < 4.78 is 0. The average molecular weight is 509 g/mol. The van der Waals surface area contributed by atoms with Gasteiger partial charge in [0.05, 0.1) is 6.10 Å². The summed E-state index contributed by atoms with van der Waals surface area (Å²) in [4.78, 5) is 61.0. The zero-order valence-corrected chi connectivity index (χ0v) is 20.6. The maximum absolute atomic E-state index is 13.2. The number of carbonyl (C=O) groups is 5. The monoisotopic (exact) mass is 508 g/mol. The van der Waals surface area contributed by atoms with Crippen molar-refractivity contribution in [2.24, 2.45) is 11.7 Å². The third kappa shape index (κ3) is 10.0. The van der Waals surface area contributed by atoms with Crippen molar-refractivity contribution in [2.45, 2.75) is 76.7 Å². The number of hydrogen-bond acceptors (Lipinski definition) is 7. The molecular formula is C24H36N4O8. The summed E-state index contributed by atoms with van der Waals surface area (Å²) in [5, 5.41) is 35.2. The predicted octanol–water partition coefficient (Wildman–Crippen LogP) is -0.613. The van der Waals surface area contributed by atoms with Crippen molar-refractivity contribution in [3.8, 4) is 0 Å². The number of nitrogens with one attached hydrogen (secondary N) is 3. The van der Waals surface area contributed by atoms with Gasteiger partial charge in [0.15, 0.2) is 0 Å². The lowest BCUT2D eigenvalue weighted by Gasteiger charge is -2.28. The fourth-order valence-electron chi connectivity index (χ4n) is 3.29. The number of benzene rings is 1. The minimum absolute atomic E-state index is 0.0656. The lowest BCUT2D eigenvalue weighted by atomic mass is 9.96. The van der Waals surface area contributed by atoms with E-state index in [1.54, 1.807) is 44.2 Å². The first-order valence-corrected chi connectivity index (χ1v) is 11.7. The zero-order valence-electron chi connectivity index (χ0n) is 20.6. The molecule has 200 valence electrons. The SMILES string of the molecule is CCC(C)C(NC(=O)C(Cc1ccccc1)NC(=O)C(N)C(C)O)C(=O)NC(CCC(=O)O)C(=O)O. The molecule has 6 unspecified atom stereocenters. The molecule has 0 fully saturated rings. The molecule has 8 N–H and O–H groups in total. The molecule has 6 atom stereocenters. The Bertz CT molecular complexity index is 909. The third-order valence-electron chi connectivity index (χ3n) is 5.79. The number of carbonyl (C=O) groups excluding carboxylic acids is 3. The molecule has 0 aliphatic heterocycles. The van der Waals surface area contributed by atoms with E-state index in [-0.39, 0.29) is 12.8 Å². The van der Waals surface area contributed by atoms with Gasteiger partial charge in [-0.05, 0) is 24.8 Å². The van der Waals surface area contributed by atoms with Gasteiger partial charge in [-0.1, -0.05) is 50.6 Å². The third-order valence-corrected chi connectivity index (χ3v) is 5.79. The predicted molar refractivity (Wildman–Crippen MR) is 130 cm³/mol. The molecule has 1 aromatic rings. The van der Waals surface area contributed by atoms with Crippen molar-refractivity contribution in [1.29, 1.82) is 0 Å². The Labute approximate surface area is 209 Å². The van der Waals surface area contributed by atoms with Crippen LogP contribution >= 0.6 is 0 Å². The second kappa shape index (κ2) is 14.8. The molecule has 3 amide bonds. The van der Waals surface area contributed by atoms with Gasteiger partial charge in [0.2, 0.25) is 17.7 Å². The Morgan fingerprint density at radius 2 is 1.47 bits per heavy atom. The number of carboxylic acid groups (broad SMARTS) is 2. The maximum Gasteiger partial charge on any atom is 0.326 e. The van der Waals surface area contributed by atoms with Gasteiger partial charge in [0, 0.05) is 12.8 Å². The van der Waals surface area contributed by atoms with E-state index in [1.807, 2.05) is 0 Å². The smallest absolute Gasteiger partial charge is 0.326 e. The molecule has 0 aliphatic rings. The first kappa shape index (κ1) is 30.5. The first-order chi connectivity index (χ1) is 16.9. The van der Waals surface area contributed by atoms with E-state index in [2.05, 4.69) is 16.0 Å². The topological polar surface area (TPSA) is 208 Å². The number of aliphatic hydroxyl groups excluding tert-OH is 1. The fraction of sp³-hybridized carbons (Fsp3) is 0.542. The quantitative estimate of drug-likeness (QED) is 0.161. The number of amides is 3. The van der Waals surface area contributed by atoms with E-state index < -0.39 is 72.3 Å². The molecule has 12 heteroatoms. The molecule has 0 radical (unpaired) electrons. The van der Waals surface area contributed by atoms with E-state index in [0.29, 0.717) is 12.0 Å². The van der Waals surface area contributed by atoms with E-state index in [1.165, 1.54) is 6.92 Å². The molecule has 0 aromatic heterocycles. The van der Waals surface area contributed by atoms with Gasteiger partial charge in [0.1, 0.15) is 24.2 Å². The van der Waals surface area contributed by atoms with Gasteiger partial charge in [-0.2, -0.15) is 0 Å². The molecule has 1 aromatic carbocycles. The van der Waals surface area contributed by atoms with Crippen LogP contribution in [0, 0.1) is 5.92 Å². The van der Waals surface area contributed by atoms with Gasteiger partial charge >= 0.3 is 11.9 Å². The molecule has 0 bridgehead atoms. The molecular weight excluding hydrogens is 472 g/mol. The normalized spacial score (nSPS) is 15.9. The summed E-state index contributed by atoms with van der Waals surface area (Å²) in [6.45, 7) is 4.80. The fourth-order valence-corrected chi connectivity index (χ4v) is 3.29. The number of aliphatic carboxylic acids is 2. The lowest BCUT2D eigenvalue weighted by molar-refractivity contribution is -0.143. The average Bonchev–Trinajstić information content (AvgIpc) is 2.83. The minimum atomic E-state index is -1.46. The maximum atomic E-state index is 13.2. The Morgan fingerprint density at radius 1 is 0.889 bits per heavy atom. The van der Waals surface area contributed by atoms with Crippen molar-refractivity contribution in [3.63, 3.8) is 0 Å². The van der Waals surface area contributed by atoms with E-state index >= 15 is 0 Å². The Morgan fingerprint density at radius 3 is 1.97 bits per heavy atom. The number of nitrogens with two attached hydrogens (primary N) is 1. The van der Waals surface area contributed by atoms with Crippen LogP contribution in [0.5, 0.6) is 0 Å². The van der Waals surface area contributed by atoms with Crippen molar-refractivity contribution < 1.29 is 39.3 Å². The van der Waals surface area contributed by atoms with E-state index in [0.717, 1.165) is 0 Å². The lowest BCUT2D eigenvalue weighted by Crippen LogP contribution is -2.59. The van der Waals surface area contributed by atoms with E-state index in [9.17, 15) is 34.2 Å². The highest BCUT2D eigenvalue weighted by atomic mass is 16.4. The van der Waals surface area contributed by atoms with Gasteiger partial charge in [-0.3, -0.25) is 19.2 Å². The number of rotatable bonds is 15. The van der Waals surface area contributed by atoms with Crippen LogP contribution in [0.1, 0.15) is 45.6 Å². The van der Waals surface area contributed by atoms with Crippen molar-refractivity contribution >= 4 is 29.7 Å². The minimum Gasteiger partial charge on any atom is -0.481 e. The van der Waals surface area contributed by atoms with Gasteiger partial charge < -0.3 is 37.0 Å². The standard InChI is InChI=1S/C24H36N4O8/c1-4-13(2)20(23(34)26-16(24(35)36)10-11-18(30)31)28-21(32)17(12-15-8-6-5-7-9-15)27-22(33)19(25)14(3)29/h5-9,13-14,16-17,19-20,29H,4,10-12,25H2,1-3H3,(H,26,34)(H,27,33)(H,28,32)(H,30,31)(H,35,36). The van der Waals surface area contributed by atoms with Crippen LogP contribution in [0.2, 0.25) is 0 Å². The van der Waals surface area contributed by atoms with Crippen LogP contribution in [0.15, 0.2) is 30.3 Å². The highest BCUT2D eigenvalue weighted by Gasteiger charge is 2.33. The Kier molecular flexibility index (Phi) is 12.5. The summed E-state index contributed by atoms with van der Waals surface area (Å²) in [7, 11) is 0. The second-order valence-corrected chi connectivity index (χ2v) is 8.72. The molecule has 0 saturated carbocycles. The molecule has 0 heterocycles. The summed E-state index contributed by atoms with van der Waals surface area (Å²) in [5.41, 5.74) is 6.41. The van der Waals surface area contributed by atoms with Gasteiger partial charge in [-0.25, -0.2) is 4.79 Å². The largest absolute Gasteiger partial charge is 0.481 e. The van der Waals surface area contributed by atoms with Crippen molar-refractivity contribution in [2.75, 3.05) is 0 Å². The van der Waals surface area contributed by atoms with E-state index in [4.69, 9.17) is 10.8 Å². The Balaban J connectivity index is 3.12. The molecule has 0 spiro atoms. The second-order valence-electron chi connectivity index (χ2n) is 8.72. The number of aliphatic hydroxyl groups is 1. The highest BCUT2D eigenvalue weighted by molar-refractivity contribution is 5.94. The summed E-state index contributed by atoms with van der Waals surface area (Å²) in [5.74, 6) is -5.29. The van der Waals surface area contributed by atoms with Crippen LogP contribution in [0.3, 0.4) is 0 Å². The number of carboxylic acids is 2. The zero-order chi connectivity index (χ0) is 27.4. The van der Waals surface area contributed by atoms with Gasteiger partial charge in [-0.15, -0.1) is 0 Å². The van der Waals surface area contributed by atoms with Crippen molar-refractivity contribution in [3.05, 3.63) is 35.9 Å². The molecule has 12 nitrogen and oxygen atoms in total. The van der Waals surface area contributed by atoms with Crippen molar-refractivity contribution in [1.82, 2.24) is 16.0 Å². The molecule has 1 rings (SSSR count). The number of hydrogen-bond donors (Lipinski definition) is 7. The van der Waals surface area contributed by atoms with Crippen LogP contribution in [-0.4, -0.2) is 75.3 Å². The van der Waals surface area contributed by atoms with Gasteiger partial charge in [0.25, 0.3) is 0 Å². The highest BCUT2D eigenvalue weighted by Crippen LogP contribution is 2.11. The molecule has 0 saturated heterocycles. The summed E-state index contributed by atoms with van der Waals surface area (Å²) in [6, 6.07) is 3.75.